The second-order valence-electron chi connectivity index (χ2n) is 6.65. The zero-order chi connectivity index (χ0) is 22.8. The largest absolute Gasteiger partial charge is 0.495 e. The molecule has 0 saturated heterocycles. The summed E-state index contributed by atoms with van der Waals surface area (Å²) in [6.07, 6.45) is 2.07. The van der Waals surface area contributed by atoms with E-state index in [1.54, 1.807) is 37.4 Å². The zero-order valence-corrected chi connectivity index (χ0v) is 17.8. The van der Waals surface area contributed by atoms with Gasteiger partial charge < -0.3 is 14.2 Å². The minimum atomic E-state index is -0.730. The Morgan fingerprint density at radius 1 is 0.875 bits per heavy atom. The second-order valence-corrected chi connectivity index (χ2v) is 7.67. The summed E-state index contributed by atoms with van der Waals surface area (Å²) in [5.74, 6) is -1.06. The number of benzene rings is 3. The van der Waals surface area contributed by atoms with E-state index < -0.39 is 17.8 Å². The zero-order valence-electron chi connectivity index (χ0n) is 17.0. The minimum absolute atomic E-state index is 0.155. The van der Waals surface area contributed by atoms with E-state index >= 15 is 4.39 Å². The Bertz CT molecular complexity index is 1390. The smallest absolute Gasteiger partial charge is 0.335 e. The molecule has 1 heterocycles. The van der Waals surface area contributed by atoms with E-state index in [4.69, 9.17) is 14.2 Å². The maximum atomic E-state index is 15.1. The number of rotatable bonds is 6. The summed E-state index contributed by atoms with van der Waals surface area (Å²) in [6, 6.07) is 13.9. The lowest BCUT2D eigenvalue weighted by atomic mass is 10.0. The SMILES string of the molecule is C=CC(=O)Oc1ccc(-c2ccc3c(sc4c(F)c(OC(=O)C=C)ccc43)c2OC)cc1. The number of methoxy groups -OCH3 is 1. The van der Waals surface area contributed by atoms with Gasteiger partial charge in [-0.2, -0.15) is 0 Å². The number of carbonyl (C=O) groups is 2. The third kappa shape index (κ3) is 3.74. The van der Waals surface area contributed by atoms with E-state index in [0.717, 1.165) is 33.4 Å². The van der Waals surface area contributed by atoms with Crippen molar-refractivity contribution in [1.82, 2.24) is 0 Å². The van der Waals surface area contributed by atoms with Gasteiger partial charge in [0.05, 0.1) is 16.5 Å². The molecule has 0 N–H and O–H groups in total. The fourth-order valence-electron chi connectivity index (χ4n) is 3.35. The Morgan fingerprint density at radius 2 is 1.50 bits per heavy atom. The molecule has 0 bridgehead atoms. The van der Waals surface area contributed by atoms with Gasteiger partial charge in [-0.25, -0.2) is 14.0 Å². The Kier molecular flexibility index (Phi) is 5.75. The Labute approximate surface area is 186 Å². The summed E-state index contributed by atoms with van der Waals surface area (Å²) >= 11 is 1.21. The molecule has 0 saturated carbocycles. The summed E-state index contributed by atoms with van der Waals surface area (Å²) < 4.78 is 32.0. The van der Waals surface area contributed by atoms with Gasteiger partial charge in [-0.3, -0.25) is 0 Å². The molecular weight excluding hydrogens is 431 g/mol. The topological polar surface area (TPSA) is 61.8 Å². The molecule has 3 aromatic carbocycles. The van der Waals surface area contributed by atoms with Crippen molar-refractivity contribution in [1.29, 1.82) is 0 Å². The van der Waals surface area contributed by atoms with Gasteiger partial charge in [-0.05, 0) is 35.9 Å². The highest BCUT2D eigenvalue weighted by molar-refractivity contribution is 7.26. The lowest BCUT2D eigenvalue weighted by Gasteiger charge is -2.10. The number of hydrogen-bond acceptors (Lipinski definition) is 6. The van der Waals surface area contributed by atoms with Crippen molar-refractivity contribution in [3.8, 4) is 28.4 Å². The molecule has 5 nitrogen and oxygen atoms in total. The van der Waals surface area contributed by atoms with E-state index in [2.05, 4.69) is 13.2 Å². The summed E-state index contributed by atoms with van der Waals surface area (Å²) in [5, 5.41) is 1.51. The van der Waals surface area contributed by atoms with Crippen LogP contribution in [0.25, 0.3) is 31.3 Å². The molecule has 7 heteroatoms. The summed E-state index contributed by atoms with van der Waals surface area (Å²) in [7, 11) is 1.55. The third-order valence-corrected chi connectivity index (χ3v) is 6.01. The third-order valence-electron chi connectivity index (χ3n) is 4.80. The van der Waals surface area contributed by atoms with Crippen molar-refractivity contribution in [2.75, 3.05) is 7.11 Å². The standard InChI is InChI=1S/C25H17FO5S/c1-4-20(27)30-15-8-6-14(7-9-15)16-10-11-18-17-12-13-19(31-21(28)5-2)22(26)24(17)32-25(18)23(16)29-3/h4-13H,1-2H2,3H3. The van der Waals surface area contributed by atoms with Crippen molar-refractivity contribution >= 4 is 43.4 Å². The molecule has 0 amide bonds. The van der Waals surface area contributed by atoms with E-state index in [1.165, 1.54) is 17.4 Å². The molecule has 0 radical (unpaired) electrons. The molecule has 4 rings (SSSR count). The van der Waals surface area contributed by atoms with Crippen LogP contribution in [0.15, 0.2) is 73.8 Å². The van der Waals surface area contributed by atoms with Gasteiger partial charge >= 0.3 is 11.9 Å². The van der Waals surface area contributed by atoms with E-state index in [-0.39, 0.29) is 5.75 Å². The van der Waals surface area contributed by atoms with Crippen LogP contribution in [0.4, 0.5) is 4.39 Å². The number of thiophene rings is 1. The molecule has 0 unspecified atom stereocenters. The second kappa shape index (κ2) is 8.64. The number of esters is 2. The first kappa shape index (κ1) is 21.3. The van der Waals surface area contributed by atoms with Gasteiger partial charge in [-0.1, -0.05) is 31.4 Å². The Hall–Kier alpha value is -3.97. The van der Waals surface area contributed by atoms with Crippen LogP contribution in [-0.2, 0) is 9.59 Å². The van der Waals surface area contributed by atoms with E-state index in [9.17, 15) is 9.59 Å². The van der Waals surface area contributed by atoms with Crippen LogP contribution in [0.1, 0.15) is 0 Å². The number of halogens is 1. The van der Waals surface area contributed by atoms with Crippen LogP contribution in [-0.4, -0.2) is 19.0 Å². The molecular formula is C25H17FO5S. The highest BCUT2D eigenvalue weighted by atomic mass is 32.1. The Balaban J connectivity index is 1.82. The van der Waals surface area contributed by atoms with Crippen LogP contribution < -0.4 is 14.2 Å². The van der Waals surface area contributed by atoms with E-state index in [1.807, 2.05) is 12.1 Å². The van der Waals surface area contributed by atoms with Gasteiger partial charge in [0.15, 0.2) is 11.6 Å². The molecule has 160 valence electrons. The monoisotopic (exact) mass is 448 g/mol. The van der Waals surface area contributed by atoms with Crippen LogP contribution in [0.2, 0.25) is 0 Å². The van der Waals surface area contributed by atoms with Crippen LogP contribution >= 0.6 is 11.3 Å². The van der Waals surface area contributed by atoms with Gasteiger partial charge in [0.1, 0.15) is 11.5 Å². The van der Waals surface area contributed by atoms with Gasteiger partial charge in [-0.15, -0.1) is 11.3 Å². The quantitative estimate of drug-likeness (QED) is 0.204. The molecule has 0 aliphatic carbocycles. The van der Waals surface area contributed by atoms with Crippen LogP contribution in [0.5, 0.6) is 17.2 Å². The molecule has 0 spiro atoms. The highest BCUT2D eigenvalue weighted by Gasteiger charge is 2.19. The summed E-state index contributed by atoms with van der Waals surface area (Å²) in [6.45, 7) is 6.70. The van der Waals surface area contributed by atoms with Crippen molar-refractivity contribution in [2.45, 2.75) is 0 Å². The maximum absolute atomic E-state index is 15.1. The Morgan fingerprint density at radius 3 is 2.16 bits per heavy atom. The normalized spacial score (nSPS) is 10.7. The average Bonchev–Trinajstić information content (AvgIpc) is 3.20. The van der Waals surface area contributed by atoms with Crippen LogP contribution in [0, 0.1) is 5.82 Å². The number of hydrogen-bond donors (Lipinski definition) is 0. The number of ether oxygens (including phenoxy) is 3. The van der Waals surface area contributed by atoms with Gasteiger partial charge in [0, 0.05) is 28.5 Å². The predicted octanol–water partition coefficient (Wildman–Crippen LogP) is 6.05. The molecule has 0 atom stereocenters. The molecule has 1 aromatic heterocycles. The van der Waals surface area contributed by atoms with Crippen molar-refractivity contribution in [3.63, 3.8) is 0 Å². The molecule has 4 aromatic rings. The first-order chi connectivity index (χ1) is 15.5. The fraction of sp³-hybridized carbons (Fsp3) is 0.0400. The first-order valence-electron chi connectivity index (χ1n) is 9.47. The summed E-state index contributed by atoms with van der Waals surface area (Å²) in [5.41, 5.74) is 1.63. The number of fused-ring (bicyclic) bond motifs is 3. The van der Waals surface area contributed by atoms with Crippen molar-refractivity contribution < 1.29 is 28.2 Å². The molecule has 0 aliphatic heterocycles. The molecule has 32 heavy (non-hydrogen) atoms. The van der Waals surface area contributed by atoms with Crippen molar-refractivity contribution in [3.05, 3.63) is 79.7 Å². The van der Waals surface area contributed by atoms with Crippen molar-refractivity contribution in [2.24, 2.45) is 0 Å². The summed E-state index contributed by atoms with van der Waals surface area (Å²) in [4.78, 5) is 22.9. The highest BCUT2D eigenvalue weighted by Crippen LogP contribution is 2.46. The molecule has 0 aliphatic rings. The lowest BCUT2D eigenvalue weighted by Crippen LogP contribution is -2.04. The maximum Gasteiger partial charge on any atom is 0.335 e. The minimum Gasteiger partial charge on any atom is -0.495 e. The van der Waals surface area contributed by atoms with Crippen LogP contribution in [0.3, 0.4) is 0 Å². The number of carbonyl (C=O) groups excluding carboxylic acids is 2. The van der Waals surface area contributed by atoms with Gasteiger partial charge in [0.2, 0.25) is 0 Å². The molecule has 0 fully saturated rings. The first-order valence-corrected chi connectivity index (χ1v) is 10.3. The van der Waals surface area contributed by atoms with Gasteiger partial charge in [0.25, 0.3) is 0 Å². The average molecular weight is 448 g/mol. The van der Waals surface area contributed by atoms with E-state index in [0.29, 0.717) is 21.6 Å². The predicted molar refractivity (Wildman–Crippen MR) is 123 cm³/mol. The fourth-order valence-corrected chi connectivity index (χ4v) is 4.60. The lowest BCUT2D eigenvalue weighted by molar-refractivity contribution is -0.129.